The summed E-state index contributed by atoms with van der Waals surface area (Å²) in [5.41, 5.74) is 0.830. The van der Waals surface area contributed by atoms with E-state index in [2.05, 4.69) is 15.3 Å². The lowest BCUT2D eigenvalue weighted by atomic mass is 10.2. The number of alkyl carbamates (subject to hydrolysis) is 1. The lowest BCUT2D eigenvalue weighted by Gasteiger charge is -2.19. The number of hydrogen-bond acceptors (Lipinski definition) is 5. The number of nitrogens with one attached hydrogen (secondary N) is 2. The van der Waals surface area contributed by atoms with Crippen molar-refractivity contribution in [3.05, 3.63) is 34.1 Å². The first-order valence-corrected chi connectivity index (χ1v) is 7.34. The second kappa shape index (κ2) is 6.64. The zero-order valence-electron chi connectivity index (χ0n) is 13.4. The molecule has 0 spiro atoms. The van der Waals surface area contributed by atoms with Crippen molar-refractivity contribution >= 4 is 22.8 Å². The Bertz CT molecular complexity index is 718. The van der Waals surface area contributed by atoms with E-state index < -0.39 is 16.6 Å². The first kappa shape index (κ1) is 16.7. The molecule has 0 atom stereocenters. The van der Waals surface area contributed by atoms with Gasteiger partial charge in [-0.1, -0.05) is 0 Å². The van der Waals surface area contributed by atoms with E-state index in [0.717, 1.165) is 5.82 Å². The second-order valence-electron chi connectivity index (χ2n) is 6.17. The Balaban J connectivity index is 1.85. The summed E-state index contributed by atoms with van der Waals surface area (Å²) in [4.78, 5) is 29.2. The molecule has 0 saturated carbocycles. The minimum absolute atomic E-state index is 0.0271. The first-order valence-electron chi connectivity index (χ1n) is 7.34. The number of amides is 1. The molecule has 0 unspecified atom stereocenters. The maximum Gasteiger partial charge on any atom is 0.407 e. The summed E-state index contributed by atoms with van der Waals surface area (Å²) in [6.45, 7) is 5.88. The Morgan fingerprint density at radius 3 is 2.83 bits per heavy atom. The summed E-state index contributed by atoms with van der Waals surface area (Å²) in [7, 11) is 0. The lowest BCUT2D eigenvalue weighted by molar-refractivity contribution is -0.384. The van der Waals surface area contributed by atoms with Crippen LogP contribution in [0, 0.1) is 10.1 Å². The molecule has 1 heterocycles. The van der Waals surface area contributed by atoms with Crippen molar-refractivity contribution in [1.29, 1.82) is 0 Å². The molecule has 0 aliphatic carbocycles. The Morgan fingerprint density at radius 1 is 1.43 bits per heavy atom. The van der Waals surface area contributed by atoms with Gasteiger partial charge in [-0.25, -0.2) is 9.78 Å². The van der Waals surface area contributed by atoms with E-state index in [0.29, 0.717) is 30.4 Å². The van der Waals surface area contributed by atoms with Gasteiger partial charge in [0.05, 0.1) is 16.0 Å². The Kier molecular flexibility index (Phi) is 4.83. The number of carbonyl (C=O) groups excluding carboxylic acids is 1. The predicted molar refractivity (Wildman–Crippen MR) is 85.3 cm³/mol. The SMILES string of the molecule is CC(C)(C)OC(=O)NCCCc1nc2ccc([N+](=O)[O-])cc2[nH]1. The van der Waals surface area contributed by atoms with Gasteiger partial charge in [0.2, 0.25) is 0 Å². The van der Waals surface area contributed by atoms with Gasteiger partial charge in [0.15, 0.2) is 0 Å². The third-order valence-electron chi connectivity index (χ3n) is 2.98. The molecule has 0 aliphatic rings. The molecule has 0 radical (unpaired) electrons. The Hall–Kier alpha value is -2.64. The van der Waals surface area contributed by atoms with Crippen LogP contribution in [-0.4, -0.2) is 33.1 Å². The zero-order valence-corrected chi connectivity index (χ0v) is 13.4. The summed E-state index contributed by atoms with van der Waals surface area (Å²) >= 11 is 0. The van der Waals surface area contributed by atoms with Gasteiger partial charge in [-0.15, -0.1) is 0 Å². The minimum Gasteiger partial charge on any atom is -0.444 e. The normalized spacial score (nSPS) is 11.4. The van der Waals surface area contributed by atoms with E-state index in [1.54, 1.807) is 26.8 Å². The van der Waals surface area contributed by atoms with Gasteiger partial charge in [-0.2, -0.15) is 0 Å². The van der Waals surface area contributed by atoms with E-state index in [9.17, 15) is 14.9 Å². The van der Waals surface area contributed by atoms with Crippen LogP contribution in [-0.2, 0) is 11.2 Å². The number of aromatic nitrogens is 2. The first-order chi connectivity index (χ1) is 10.7. The van der Waals surface area contributed by atoms with Gasteiger partial charge in [0, 0.05) is 25.1 Å². The highest BCUT2D eigenvalue weighted by atomic mass is 16.6. The van der Waals surface area contributed by atoms with Crippen LogP contribution in [0.3, 0.4) is 0 Å². The van der Waals surface area contributed by atoms with E-state index in [1.165, 1.54) is 12.1 Å². The molecule has 124 valence electrons. The Labute approximate surface area is 133 Å². The molecule has 2 aromatic rings. The standard InChI is InChI=1S/C15H20N4O4/c1-15(2,3)23-14(20)16-8-4-5-13-17-11-7-6-10(19(21)22)9-12(11)18-13/h6-7,9H,4-5,8H2,1-3H3,(H,16,20)(H,17,18). The number of nitro groups is 1. The van der Waals surface area contributed by atoms with E-state index in [-0.39, 0.29) is 5.69 Å². The van der Waals surface area contributed by atoms with Gasteiger partial charge < -0.3 is 15.0 Å². The third kappa shape index (κ3) is 4.94. The number of carbonyl (C=O) groups is 1. The van der Waals surface area contributed by atoms with E-state index in [1.807, 2.05) is 0 Å². The molecular formula is C15H20N4O4. The molecule has 23 heavy (non-hydrogen) atoms. The van der Waals surface area contributed by atoms with Crippen molar-refractivity contribution in [1.82, 2.24) is 15.3 Å². The molecule has 1 amide bonds. The summed E-state index contributed by atoms with van der Waals surface area (Å²) in [5.74, 6) is 0.728. The van der Waals surface area contributed by atoms with Crippen molar-refractivity contribution < 1.29 is 14.5 Å². The molecule has 0 aliphatic heterocycles. The van der Waals surface area contributed by atoms with Crippen LogP contribution in [0.4, 0.5) is 10.5 Å². The maximum absolute atomic E-state index is 11.5. The second-order valence-corrected chi connectivity index (χ2v) is 6.17. The molecule has 2 N–H and O–H groups in total. The molecule has 1 aromatic heterocycles. The van der Waals surface area contributed by atoms with Gasteiger partial charge in [-0.3, -0.25) is 10.1 Å². The van der Waals surface area contributed by atoms with E-state index in [4.69, 9.17) is 4.74 Å². The number of non-ortho nitro benzene ring substituents is 1. The smallest absolute Gasteiger partial charge is 0.407 e. The number of H-pyrrole nitrogens is 1. The molecule has 1 aromatic carbocycles. The van der Waals surface area contributed by atoms with Crippen molar-refractivity contribution in [3.8, 4) is 0 Å². The highest BCUT2D eigenvalue weighted by molar-refractivity contribution is 5.77. The van der Waals surface area contributed by atoms with Crippen molar-refractivity contribution in [2.45, 2.75) is 39.2 Å². The number of rotatable bonds is 5. The average molecular weight is 320 g/mol. The average Bonchev–Trinajstić information content (AvgIpc) is 2.83. The Morgan fingerprint density at radius 2 is 2.17 bits per heavy atom. The molecule has 8 nitrogen and oxygen atoms in total. The van der Waals surface area contributed by atoms with Gasteiger partial charge in [0.25, 0.3) is 5.69 Å². The summed E-state index contributed by atoms with van der Waals surface area (Å²) in [6.07, 6.45) is 0.858. The molecule has 0 saturated heterocycles. The fourth-order valence-electron chi connectivity index (χ4n) is 2.04. The number of aryl methyl sites for hydroxylation is 1. The maximum atomic E-state index is 11.5. The molecule has 0 bridgehead atoms. The number of nitro benzene ring substituents is 1. The summed E-state index contributed by atoms with van der Waals surface area (Å²) < 4.78 is 5.14. The number of aromatic amines is 1. The number of benzene rings is 1. The molecule has 0 fully saturated rings. The van der Waals surface area contributed by atoms with Crippen LogP contribution in [0.15, 0.2) is 18.2 Å². The largest absolute Gasteiger partial charge is 0.444 e. The number of hydrogen-bond donors (Lipinski definition) is 2. The number of imidazole rings is 1. The van der Waals surface area contributed by atoms with Gasteiger partial charge >= 0.3 is 6.09 Å². The number of ether oxygens (including phenoxy) is 1. The van der Waals surface area contributed by atoms with Gasteiger partial charge in [0.1, 0.15) is 11.4 Å². The number of fused-ring (bicyclic) bond motifs is 1. The quantitative estimate of drug-likeness (QED) is 0.500. The van der Waals surface area contributed by atoms with Crippen LogP contribution < -0.4 is 5.32 Å². The lowest BCUT2D eigenvalue weighted by Crippen LogP contribution is -2.33. The highest BCUT2D eigenvalue weighted by Gasteiger charge is 2.15. The monoisotopic (exact) mass is 320 g/mol. The fraction of sp³-hybridized carbons (Fsp3) is 0.467. The zero-order chi connectivity index (χ0) is 17.0. The van der Waals surface area contributed by atoms with Crippen molar-refractivity contribution in [3.63, 3.8) is 0 Å². The minimum atomic E-state index is -0.516. The fourth-order valence-corrected chi connectivity index (χ4v) is 2.04. The van der Waals surface area contributed by atoms with Crippen LogP contribution >= 0.6 is 0 Å². The predicted octanol–water partition coefficient (Wildman–Crippen LogP) is 2.93. The van der Waals surface area contributed by atoms with Crippen LogP contribution in [0.2, 0.25) is 0 Å². The van der Waals surface area contributed by atoms with Crippen molar-refractivity contribution in [2.24, 2.45) is 0 Å². The highest BCUT2D eigenvalue weighted by Crippen LogP contribution is 2.19. The summed E-state index contributed by atoms with van der Waals surface area (Å²) in [6, 6.07) is 4.51. The number of nitrogens with zero attached hydrogens (tertiary/aromatic N) is 2. The third-order valence-corrected chi connectivity index (χ3v) is 2.98. The topological polar surface area (TPSA) is 110 Å². The van der Waals surface area contributed by atoms with Crippen LogP contribution in [0.5, 0.6) is 0 Å². The van der Waals surface area contributed by atoms with Crippen LogP contribution in [0.1, 0.15) is 33.0 Å². The van der Waals surface area contributed by atoms with Crippen molar-refractivity contribution in [2.75, 3.05) is 6.54 Å². The van der Waals surface area contributed by atoms with Gasteiger partial charge in [-0.05, 0) is 33.3 Å². The van der Waals surface area contributed by atoms with Crippen LogP contribution in [0.25, 0.3) is 11.0 Å². The molecule has 2 rings (SSSR count). The molecule has 8 heteroatoms. The van der Waals surface area contributed by atoms with E-state index >= 15 is 0 Å². The molecular weight excluding hydrogens is 300 g/mol. The summed E-state index contributed by atoms with van der Waals surface area (Å²) in [5, 5.41) is 13.4.